The highest BCUT2D eigenvalue weighted by Crippen LogP contribution is 2.15. The summed E-state index contributed by atoms with van der Waals surface area (Å²) in [6.07, 6.45) is 62.3. The summed E-state index contributed by atoms with van der Waals surface area (Å²) < 4.78 is 16.8. The zero-order valence-electron chi connectivity index (χ0n) is 41.8. The Morgan fingerprint density at radius 2 is 0.571 bits per heavy atom. The average molecular weight is 883 g/mol. The first-order valence-corrected chi connectivity index (χ1v) is 27.1. The molecule has 0 aliphatic carbocycles. The molecule has 6 heteroatoms. The Bertz CT molecular complexity index is 1110. The van der Waals surface area contributed by atoms with Gasteiger partial charge in [0.25, 0.3) is 0 Å². The van der Waals surface area contributed by atoms with Crippen molar-refractivity contribution in [2.75, 3.05) is 13.2 Å². The van der Waals surface area contributed by atoms with Crippen molar-refractivity contribution in [3.05, 3.63) is 48.6 Å². The molecule has 63 heavy (non-hydrogen) atoms. The standard InChI is InChI=1S/C57H102O6/c1-4-7-10-13-16-19-22-25-27-29-31-32-35-38-41-44-47-50-56(59)62-53-54(52-61-55(58)49-46-43-40-37-34-24-21-18-15-12-9-6-3)63-57(60)51-48-45-42-39-36-33-30-28-26-23-20-17-14-11-8-5-2/h16,19-20,23,25,27-28,30,54H,4-15,17-18,21-22,24,26,29,31-53H2,1-3H3/b19-16-,23-20-,27-25-,30-28-. The predicted octanol–water partition coefficient (Wildman–Crippen LogP) is 17.9. The van der Waals surface area contributed by atoms with E-state index in [1.165, 1.54) is 141 Å². The van der Waals surface area contributed by atoms with Crippen molar-refractivity contribution in [1.82, 2.24) is 0 Å². The van der Waals surface area contributed by atoms with Gasteiger partial charge in [0.1, 0.15) is 13.2 Å². The molecule has 6 nitrogen and oxygen atoms in total. The molecular weight excluding hydrogens is 781 g/mol. The zero-order valence-corrected chi connectivity index (χ0v) is 41.8. The van der Waals surface area contributed by atoms with Gasteiger partial charge < -0.3 is 14.2 Å². The lowest BCUT2D eigenvalue weighted by Gasteiger charge is -2.18. The van der Waals surface area contributed by atoms with E-state index in [1.807, 2.05) is 0 Å². The van der Waals surface area contributed by atoms with Gasteiger partial charge in [-0.05, 0) is 83.5 Å². The van der Waals surface area contributed by atoms with Crippen LogP contribution in [0.4, 0.5) is 0 Å². The van der Waals surface area contributed by atoms with Crippen LogP contribution in [0.2, 0.25) is 0 Å². The number of unbranched alkanes of at least 4 members (excludes halogenated alkanes) is 30. The van der Waals surface area contributed by atoms with E-state index >= 15 is 0 Å². The van der Waals surface area contributed by atoms with E-state index in [-0.39, 0.29) is 31.1 Å². The molecule has 0 spiro atoms. The first kappa shape index (κ1) is 60.4. The number of allylic oxidation sites excluding steroid dienone is 8. The maximum atomic E-state index is 12.8. The minimum absolute atomic E-state index is 0.0790. The van der Waals surface area contributed by atoms with Crippen molar-refractivity contribution in [2.45, 2.75) is 284 Å². The topological polar surface area (TPSA) is 78.9 Å². The molecule has 0 heterocycles. The van der Waals surface area contributed by atoms with Crippen LogP contribution in [0.25, 0.3) is 0 Å². The fourth-order valence-electron chi connectivity index (χ4n) is 7.68. The summed E-state index contributed by atoms with van der Waals surface area (Å²) in [6.45, 7) is 6.59. The highest BCUT2D eigenvalue weighted by molar-refractivity contribution is 5.71. The van der Waals surface area contributed by atoms with Crippen molar-refractivity contribution in [3.8, 4) is 0 Å². The summed E-state index contributed by atoms with van der Waals surface area (Å²) in [7, 11) is 0. The molecule has 0 fully saturated rings. The first-order valence-electron chi connectivity index (χ1n) is 27.1. The van der Waals surface area contributed by atoms with Crippen molar-refractivity contribution >= 4 is 17.9 Å². The normalized spacial score (nSPS) is 12.4. The number of esters is 3. The molecule has 0 radical (unpaired) electrons. The van der Waals surface area contributed by atoms with Crippen LogP contribution in [0, 0.1) is 0 Å². The van der Waals surface area contributed by atoms with Crippen LogP contribution in [0.15, 0.2) is 48.6 Å². The van der Waals surface area contributed by atoms with Crippen LogP contribution in [0.1, 0.15) is 278 Å². The molecule has 1 atom stereocenters. The Morgan fingerprint density at radius 3 is 0.921 bits per heavy atom. The molecule has 0 amide bonds. The molecule has 0 bridgehead atoms. The van der Waals surface area contributed by atoms with Gasteiger partial charge in [-0.3, -0.25) is 14.4 Å². The Labute approximate surface area is 390 Å². The lowest BCUT2D eigenvalue weighted by atomic mass is 10.0. The lowest BCUT2D eigenvalue weighted by molar-refractivity contribution is -0.167. The van der Waals surface area contributed by atoms with Crippen molar-refractivity contribution < 1.29 is 28.6 Å². The summed E-state index contributed by atoms with van der Waals surface area (Å²) in [5.74, 6) is -0.891. The zero-order chi connectivity index (χ0) is 45.8. The second-order valence-electron chi connectivity index (χ2n) is 18.1. The van der Waals surface area contributed by atoms with Gasteiger partial charge in [-0.1, -0.05) is 223 Å². The number of rotatable bonds is 49. The van der Waals surface area contributed by atoms with Crippen molar-refractivity contribution in [2.24, 2.45) is 0 Å². The highest BCUT2D eigenvalue weighted by atomic mass is 16.6. The Hall–Kier alpha value is -2.63. The van der Waals surface area contributed by atoms with Crippen LogP contribution in [0.3, 0.4) is 0 Å². The van der Waals surface area contributed by atoms with E-state index in [2.05, 4.69) is 69.4 Å². The minimum Gasteiger partial charge on any atom is -0.462 e. The predicted molar refractivity (Wildman–Crippen MR) is 270 cm³/mol. The Balaban J connectivity index is 4.39. The van der Waals surface area contributed by atoms with Gasteiger partial charge in [0.15, 0.2) is 6.10 Å². The Kier molecular flexibility index (Phi) is 49.8. The van der Waals surface area contributed by atoms with Crippen molar-refractivity contribution in [3.63, 3.8) is 0 Å². The Morgan fingerprint density at radius 1 is 0.317 bits per heavy atom. The van der Waals surface area contributed by atoms with E-state index in [9.17, 15) is 14.4 Å². The minimum atomic E-state index is -0.781. The first-order chi connectivity index (χ1) is 31.0. The van der Waals surface area contributed by atoms with Crippen LogP contribution in [-0.2, 0) is 28.6 Å². The molecule has 0 aromatic heterocycles. The smallest absolute Gasteiger partial charge is 0.306 e. The van der Waals surface area contributed by atoms with Crippen LogP contribution in [-0.4, -0.2) is 37.2 Å². The summed E-state index contributed by atoms with van der Waals surface area (Å²) in [5, 5.41) is 0. The third kappa shape index (κ3) is 50.2. The highest BCUT2D eigenvalue weighted by Gasteiger charge is 2.19. The van der Waals surface area contributed by atoms with Gasteiger partial charge in [-0.15, -0.1) is 0 Å². The molecule has 0 saturated heterocycles. The van der Waals surface area contributed by atoms with E-state index in [1.54, 1.807) is 0 Å². The van der Waals surface area contributed by atoms with Gasteiger partial charge in [-0.2, -0.15) is 0 Å². The monoisotopic (exact) mass is 883 g/mol. The average Bonchev–Trinajstić information content (AvgIpc) is 3.28. The number of carbonyl (C=O) groups is 3. The van der Waals surface area contributed by atoms with Gasteiger partial charge >= 0.3 is 17.9 Å². The van der Waals surface area contributed by atoms with Crippen molar-refractivity contribution in [1.29, 1.82) is 0 Å². The van der Waals surface area contributed by atoms with Crippen LogP contribution >= 0.6 is 0 Å². The van der Waals surface area contributed by atoms with E-state index in [0.717, 1.165) is 96.3 Å². The largest absolute Gasteiger partial charge is 0.462 e. The second kappa shape index (κ2) is 52.0. The second-order valence-corrected chi connectivity index (χ2v) is 18.1. The molecule has 0 rings (SSSR count). The number of hydrogen-bond acceptors (Lipinski definition) is 6. The molecular formula is C57H102O6. The number of hydrogen-bond donors (Lipinski definition) is 0. The summed E-state index contributed by atoms with van der Waals surface area (Å²) in [5.41, 5.74) is 0. The fourth-order valence-corrected chi connectivity index (χ4v) is 7.68. The summed E-state index contributed by atoms with van der Waals surface area (Å²) >= 11 is 0. The third-order valence-electron chi connectivity index (χ3n) is 11.8. The van der Waals surface area contributed by atoms with Gasteiger partial charge in [0.05, 0.1) is 0 Å². The van der Waals surface area contributed by atoms with Gasteiger partial charge in [-0.25, -0.2) is 0 Å². The van der Waals surface area contributed by atoms with Crippen LogP contribution in [0.5, 0.6) is 0 Å². The quantitative estimate of drug-likeness (QED) is 0.0262. The fraction of sp³-hybridized carbons (Fsp3) is 0.807. The molecule has 0 N–H and O–H groups in total. The third-order valence-corrected chi connectivity index (χ3v) is 11.8. The van der Waals surface area contributed by atoms with E-state index in [4.69, 9.17) is 14.2 Å². The molecule has 0 aromatic carbocycles. The molecule has 0 aliphatic rings. The lowest BCUT2D eigenvalue weighted by Crippen LogP contribution is -2.30. The SMILES string of the molecule is CCCCC/C=C\C/C=C\CCCCCCCCCC(=O)OCC(COC(=O)CCCCCCCCCCCCCC)OC(=O)CCCCCCC/C=C\C/C=C\CCCCCC. The number of carbonyl (C=O) groups excluding carboxylic acids is 3. The molecule has 366 valence electrons. The summed E-state index contributed by atoms with van der Waals surface area (Å²) in [6, 6.07) is 0. The van der Waals surface area contributed by atoms with Gasteiger partial charge in [0, 0.05) is 19.3 Å². The summed E-state index contributed by atoms with van der Waals surface area (Å²) in [4.78, 5) is 38.0. The maximum absolute atomic E-state index is 12.8. The van der Waals surface area contributed by atoms with Gasteiger partial charge in [0.2, 0.25) is 0 Å². The number of ether oxygens (including phenoxy) is 3. The van der Waals surface area contributed by atoms with E-state index in [0.29, 0.717) is 19.3 Å². The molecule has 1 unspecified atom stereocenters. The maximum Gasteiger partial charge on any atom is 0.306 e. The molecule has 0 aromatic rings. The van der Waals surface area contributed by atoms with Crippen LogP contribution < -0.4 is 0 Å². The molecule has 0 aliphatic heterocycles. The molecule has 0 saturated carbocycles. The van der Waals surface area contributed by atoms with E-state index < -0.39 is 6.10 Å².